The minimum atomic E-state index is -4.69. The maximum Gasteiger partial charge on any atom is 0.431 e. The molecule has 4 rings (SSSR count). The fourth-order valence-electron chi connectivity index (χ4n) is 3.83. The van der Waals surface area contributed by atoms with Gasteiger partial charge >= 0.3 is 6.18 Å². The van der Waals surface area contributed by atoms with Crippen LogP contribution in [-0.2, 0) is 17.5 Å². The van der Waals surface area contributed by atoms with E-state index in [2.05, 4.69) is 15.2 Å². The number of amides is 1. The highest BCUT2D eigenvalue weighted by Gasteiger charge is 2.42. The fourth-order valence-corrected chi connectivity index (χ4v) is 3.96. The number of H-pyrrole nitrogens is 1. The molecule has 7 nitrogen and oxygen atoms in total. The van der Waals surface area contributed by atoms with Gasteiger partial charge < -0.3 is 14.2 Å². The zero-order valence-electron chi connectivity index (χ0n) is 16.5. The van der Waals surface area contributed by atoms with Crippen molar-refractivity contribution in [2.75, 3.05) is 26.3 Å². The predicted molar refractivity (Wildman–Crippen MR) is 107 cm³/mol. The molecule has 164 valence electrons. The molecule has 1 saturated heterocycles. The highest BCUT2D eigenvalue weighted by Crippen LogP contribution is 2.41. The van der Waals surface area contributed by atoms with Crippen LogP contribution in [0.2, 0.25) is 5.02 Å². The summed E-state index contributed by atoms with van der Waals surface area (Å²) in [5.41, 5.74) is -0.290. The highest BCUT2D eigenvalue weighted by atomic mass is 35.5. The number of ether oxygens (including phenoxy) is 1. The van der Waals surface area contributed by atoms with Crippen molar-refractivity contribution in [3.05, 3.63) is 58.4 Å². The molecule has 0 spiro atoms. The van der Waals surface area contributed by atoms with Crippen LogP contribution in [0.5, 0.6) is 0 Å². The van der Waals surface area contributed by atoms with Gasteiger partial charge in [0.25, 0.3) is 5.91 Å². The van der Waals surface area contributed by atoms with Crippen molar-refractivity contribution in [2.24, 2.45) is 0 Å². The van der Waals surface area contributed by atoms with Crippen LogP contribution in [-0.4, -0.2) is 56.9 Å². The Labute approximate surface area is 180 Å². The number of aromatic amines is 1. The van der Waals surface area contributed by atoms with Crippen molar-refractivity contribution < 1.29 is 22.7 Å². The summed E-state index contributed by atoms with van der Waals surface area (Å²) in [7, 11) is 0. The minimum absolute atomic E-state index is 0.0362. The minimum Gasteiger partial charge on any atom is -0.378 e. The van der Waals surface area contributed by atoms with E-state index < -0.39 is 17.8 Å². The summed E-state index contributed by atoms with van der Waals surface area (Å²) in [6, 6.07) is 6.39. The van der Waals surface area contributed by atoms with Crippen LogP contribution in [0.15, 0.2) is 30.6 Å². The average Bonchev–Trinajstić information content (AvgIpc) is 3.34. The zero-order valence-corrected chi connectivity index (χ0v) is 17.3. The molecule has 31 heavy (non-hydrogen) atoms. The van der Waals surface area contributed by atoms with E-state index in [0.29, 0.717) is 36.9 Å². The normalized spacial score (nSPS) is 14.8. The number of nitrogens with one attached hydrogen (secondary N) is 1. The molecule has 1 aliphatic rings. The number of benzene rings is 1. The van der Waals surface area contributed by atoms with Gasteiger partial charge in [0.15, 0.2) is 0 Å². The second kappa shape index (κ2) is 8.35. The molecule has 1 fully saturated rings. The SMILES string of the molecule is Cc1c(-c2ccc(Cl)cc2)c(C(=O)N2CCOCC2)n(Cc2ncn[nH]2)c1C(F)(F)F. The third-order valence-electron chi connectivity index (χ3n) is 5.18. The molecule has 3 heterocycles. The number of hydrogen-bond donors (Lipinski definition) is 1. The summed E-state index contributed by atoms with van der Waals surface area (Å²) in [6.45, 7) is 2.35. The molecule has 0 bridgehead atoms. The maximum atomic E-state index is 14.2. The van der Waals surface area contributed by atoms with Crippen molar-refractivity contribution in [1.29, 1.82) is 0 Å². The van der Waals surface area contributed by atoms with Gasteiger partial charge in [0.2, 0.25) is 0 Å². The summed E-state index contributed by atoms with van der Waals surface area (Å²) >= 11 is 5.97. The van der Waals surface area contributed by atoms with Crippen LogP contribution in [0.4, 0.5) is 13.2 Å². The third-order valence-corrected chi connectivity index (χ3v) is 5.43. The van der Waals surface area contributed by atoms with Crippen molar-refractivity contribution in [3.63, 3.8) is 0 Å². The van der Waals surface area contributed by atoms with Gasteiger partial charge in [-0.1, -0.05) is 23.7 Å². The number of aromatic nitrogens is 4. The van der Waals surface area contributed by atoms with E-state index in [1.54, 1.807) is 24.3 Å². The molecule has 0 saturated carbocycles. The molecule has 3 aromatic rings. The average molecular weight is 454 g/mol. The van der Waals surface area contributed by atoms with E-state index in [1.807, 2.05) is 0 Å². The largest absolute Gasteiger partial charge is 0.431 e. The van der Waals surface area contributed by atoms with Gasteiger partial charge in [-0.2, -0.15) is 18.3 Å². The molecule has 1 amide bonds. The summed E-state index contributed by atoms with van der Waals surface area (Å²) in [6.07, 6.45) is -3.47. The summed E-state index contributed by atoms with van der Waals surface area (Å²) in [5, 5.41) is 6.73. The van der Waals surface area contributed by atoms with Crippen LogP contribution < -0.4 is 0 Å². The molecule has 0 atom stereocenters. The summed E-state index contributed by atoms with van der Waals surface area (Å²) in [5.74, 6) is -0.287. The van der Waals surface area contributed by atoms with Crippen LogP contribution >= 0.6 is 11.6 Å². The molecule has 0 aliphatic carbocycles. The van der Waals surface area contributed by atoms with Gasteiger partial charge in [-0.25, -0.2) is 4.98 Å². The Balaban J connectivity index is 1.97. The summed E-state index contributed by atoms with van der Waals surface area (Å²) < 4.78 is 48.8. The molecule has 1 N–H and O–H groups in total. The van der Waals surface area contributed by atoms with E-state index >= 15 is 0 Å². The zero-order chi connectivity index (χ0) is 22.2. The van der Waals surface area contributed by atoms with E-state index in [9.17, 15) is 18.0 Å². The van der Waals surface area contributed by atoms with Crippen molar-refractivity contribution in [3.8, 4) is 11.1 Å². The van der Waals surface area contributed by atoms with E-state index in [1.165, 1.54) is 18.2 Å². The highest BCUT2D eigenvalue weighted by molar-refractivity contribution is 6.30. The number of carbonyl (C=O) groups excluding carboxylic acids is 1. The first-order chi connectivity index (χ1) is 14.8. The second-order valence-corrected chi connectivity index (χ2v) is 7.56. The van der Waals surface area contributed by atoms with Gasteiger partial charge in [-0.15, -0.1) is 0 Å². The number of carbonyl (C=O) groups is 1. The lowest BCUT2D eigenvalue weighted by molar-refractivity contribution is -0.143. The smallest absolute Gasteiger partial charge is 0.378 e. The Hall–Kier alpha value is -2.85. The number of rotatable bonds is 4. The Morgan fingerprint density at radius 3 is 2.48 bits per heavy atom. The molecule has 1 aliphatic heterocycles. The molecule has 0 unspecified atom stereocenters. The van der Waals surface area contributed by atoms with Crippen LogP contribution in [0.3, 0.4) is 0 Å². The quantitative estimate of drug-likeness (QED) is 0.652. The Morgan fingerprint density at radius 2 is 1.90 bits per heavy atom. The topological polar surface area (TPSA) is 76.0 Å². The van der Waals surface area contributed by atoms with E-state index in [4.69, 9.17) is 16.3 Å². The molecular weight excluding hydrogens is 435 g/mol. The number of alkyl halides is 3. The van der Waals surface area contributed by atoms with Crippen LogP contribution in [0, 0.1) is 6.92 Å². The lowest BCUT2D eigenvalue weighted by atomic mass is 10.00. The second-order valence-electron chi connectivity index (χ2n) is 7.12. The van der Waals surface area contributed by atoms with E-state index in [0.717, 1.165) is 4.57 Å². The fraction of sp³-hybridized carbons (Fsp3) is 0.350. The predicted octanol–water partition coefficient (Wildman–Crippen LogP) is 3.77. The lowest BCUT2D eigenvalue weighted by Gasteiger charge is -2.28. The first kappa shape index (κ1) is 21.4. The Morgan fingerprint density at radius 1 is 1.23 bits per heavy atom. The third kappa shape index (κ3) is 4.17. The van der Waals surface area contributed by atoms with Crippen molar-refractivity contribution in [1.82, 2.24) is 24.6 Å². The number of morpholine rings is 1. The lowest BCUT2D eigenvalue weighted by Crippen LogP contribution is -2.41. The molecule has 0 radical (unpaired) electrons. The number of hydrogen-bond acceptors (Lipinski definition) is 4. The number of halogens is 4. The first-order valence-corrected chi connectivity index (χ1v) is 9.92. The monoisotopic (exact) mass is 453 g/mol. The van der Waals surface area contributed by atoms with Gasteiger partial charge in [0, 0.05) is 23.7 Å². The van der Waals surface area contributed by atoms with Gasteiger partial charge in [0.1, 0.15) is 23.5 Å². The molecule has 1 aromatic carbocycles. The molecule has 11 heteroatoms. The standard InChI is InChI=1S/C20H19ClF3N5O2/c1-12-16(13-2-4-14(21)5-3-13)17(19(30)28-6-8-31-9-7-28)29(18(12)20(22,23)24)10-15-25-11-26-27-15/h2-5,11H,6-10H2,1H3,(H,25,26,27). The summed E-state index contributed by atoms with van der Waals surface area (Å²) in [4.78, 5) is 19.0. The van der Waals surface area contributed by atoms with Gasteiger partial charge in [0.05, 0.1) is 19.8 Å². The Bertz CT molecular complexity index is 1070. The van der Waals surface area contributed by atoms with Gasteiger partial charge in [-0.3, -0.25) is 9.89 Å². The number of nitrogens with zero attached hydrogens (tertiary/aromatic N) is 4. The van der Waals surface area contributed by atoms with Crippen LogP contribution in [0.25, 0.3) is 11.1 Å². The van der Waals surface area contributed by atoms with Crippen molar-refractivity contribution in [2.45, 2.75) is 19.6 Å². The van der Waals surface area contributed by atoms with Crippen LogP contribution in [0.1, 0.15) is 27.6 Å². The van der Waals surface area contributed by atoms with Crippen molar-refractivity contribution >= 4 is 17.5 Å². The van der Waals surface area contributed by atoms with Gasteiger partial charge in [-0.05, 0) is 30.2 Å². The molecule has 2 aromatic heterocycles. The first-order valence-electron chi connectivity index (χ1n) is 9.55. The maximum absolute atomic E-state index is 14.2. The van der Waals surface area contributed by atoms with E-state index in [-0.39, 0.29) is 29.2 Å². The molecular formula is C20H19ClF3N5O2. The Kier molecular flexibility index (Phi) is 5.76.